The summed E-state index contributed by atoms with van der Waals surface area (Å²) in [4.78, 5) is 0. The molecule has 24 heavy (non-hydrogen) atoms. The summed E-state index contributed by atoms with van der Waals surface area (Å²) in [6.45, 7) is 1.90. The molecule has 3 rings (SSSR count). The number of hydrogen-bond donors (Lipinski definition) is 0. The van der Waals surface area contributed by atoms with Gasteiger partial charge >= 0.3 is 0 Å². The fourth-order valence-corrected chi connectivity index (χ4v) is 3.53. The minimum atomic E-state index is 0.761. The summed E-state index contributed by atoms with van der Waals surface area (Å²) in [7, 11) is 0. The SMILES string of the molecule is Cc1nnc(SCc2ccc(Br)cc2)n1/N=C\c1ccccc1Br. The topological polar surface area (TPSA) is 43.1 Å². The maximum atomic E-state index is 4.53. The van der Waals surface area contributed by atoms with Gasteiger partial charge in [0.05, 0.1) is 6.21 Å². The van der Waals surface area contributed by atoms with E-state index in [-0.39, 0.29) is 0 Å². The summed E-state index contributed by atoms with van der Waals surface area (Å²) in [6.07, 6.45) is 1.81. The first kappa shape index (κ1) is 17.4. The zero-order chi connectivity index (χ0) is 16.9. The second kappa shape index (κ2) is 8.09. The van der Waals surface area contributed by atoms with Gasteiger partial charge < -0.3 is 0 Å². The Balaban J connectivity index is 1.76. The molecule has 0 saturated carbocycles. The first-order valence-electron chi connectivity index (χ1n) is 7.21. The van der Waals surface area contributed by atoms with Crippen LogP contribution in [0.15, 0.2) is 67.7 Å². The third-order valence-electron chi connectivity index (χ3n) is 3.27. The number of aromatic nitrogens is 3. The van der Waals surface area contributed by atoms with Crippen LogP contribution in [0.2, 0.25) is 0 Å². The summed E-state index contributed by atoms with van der Waals surface area (Å²) in [5.74, 6) is 1.58. The normalized spacial score (nSPS) is 11.3. The molecule has 0 aliphatic rings. The Morgan fingerprint density at radius 3 is 2.58 bits per heavy atom. The molecule has 7 heteroatoms. The minimum absolute atomic E-state index is 0.761. The number of thioether (sulfide) groups is 1. The van der Waals surface area contributed by atoms with Gasteiger partial charge in [0.1, 0.15) is 0 Å². The van der Waals surface area contributed by atoms with Crippen LogP contribution in [0, 0.1) is 6.92 Å². The first-order valence-corrected chi connectivity index (χ1v) is 9.79. The maximum Gasteiger partial charge on any atom is 0.212 e. The quantitative estimate of drug-likeness (QED) is 0.380. The lowest BCUT2D eigenvalue weighted by molar-refractivity contribution is 0.744. The Hall–Kier alpha value is -1.44. The predicted octanol–water partition coefficient (Wildman–Crippen LogP) is 5.29. The molecule has 2 aromatic carbocycles. The van der Waals surface area contributed by atoms with Crippen LogP contribution in [0.25, 0.3) is 0 Å². The van der Waals surface area contributed by atoms with Crippen LogP contribution < -0.4 is 0 Å². The maximum absolute atomic E-state index is 4.53. The number of benzene rings is 2. The van der Waals surface area contributed by atoms with Gasteiger partial charge in [-0.1, -0.05) is 74.0 Å². The fourth-order valence-electron chi connectivity index (χ4n) is 1.99. The fraction of sp³-hybridized carbons (Fsp3) is 0.118. The highest BCUT2D eigenvalue weighted by Crippen LogP contribution is 2.23. The van der Waals surface area contributed by atoms with Gasteiger partial charge in [-0.25, -0.2) is 0 Å². The van der Waals surface area contributed by atoms with E-state index in [1.807, 2.05) is 49.5 Å². The molecular formula is C17H14Br2N4S. The van der Waals surface area contributed by atoms with Crippen molar-refractivity contribution in [3.8, 4) is 0 Å². The average molecular weight is 466 g/mol. The van der Waals surface area contributed by atoms with Gasteiger partial charge in [-0.2, -0.15) is 9.78 Å². The minimum Gasteiger partial charge on any atom is -0.192 e. The summed E-state index contributed by atoms with van der Waals surface area (Å²) < 4.78 is 3.85. The van der Waals surface area contributed by atoms with Gasteiger partial charge in [0.15, 0.2) is 5.82 Å². The Kier molecular flexibility index (Phi) is 5.86. The van der Waals surface area contributed by atoms with Gasteiger partial charge in [-0.05, 0) is 30.7 Å². The van der Waals surface area contributed by atoms with Crippen LogP contribution in [-0.4, -0.2) is 21.1 Å². The van der Waals surface area contributed by atoms with E-state index in [0.29, 0.717) is 0 Å². The summed E-state index contributed by atoms with van der Waals surface area (Å²) in [5.41, 5.74) is 2.24. The molecule has 0 aliphatic carbocycles. The Bertz CT molecular complexity index is 859. The van der Waals surface area contributed by atoms with Gasteiger partial charge in [0.25, 0.3) is 0 Å². The first-order chi connectivity index (χ1) is 11.6. The molecule has 0 unspecified atom stereocenters. The van der Waals surface area contributed by atoms with Crippen molar-refractivity contribution in [2.45, 2.75) is 17.8 Å². The molecule has 0 amide bonds. The highest BCUT2D eigenvalue weighted by atomic mass is 79.9. The molecule has 0 fully saturated rings. The Morgan fingerprint density at radius 1 is 1.08 bits per heavy atom. The van der Waals surface area contributed by atoms with E-state index >= 15 is 0 Å². The standard InChI is InChI=1S/C17H14Br2N4S/c1-12-21-22-17(24-11-13-6-8-15(18)9-7-13)23(12)20-10-14-4-2-3-5-16(14)19/h2-10H,11H2,1H3/b20-10-. The number of halogens is 2. The number of aryl methyl sites for hydroxylation is 1. The van der Waals surface area contributed by atoms with Gasteiger partial charge in [-0.15, -0.1) is 10.2 Å². The molecular weight excluding hydrogens is 452 g/mol. The molecule has 122 valence electrons. The Morgan fingerprint density at radius 2 is 1.83 bits per heavy atom. The zero-order valence-electron chi connectivity index (χ0n) is 12.9. The van der Waals surface area contributed by atoms with E-state index in [4.69, 9.17) is 0 Å². The van der Waals surface area contributed by atoms with E-state index in [1.165, 1.54) is 5.56 Å². The highest BCUT2D eigenvalue weighted by Gasteiger charge is 2.09. The lowest BCUT2D eigenvalue weighted by Crippen LogP contribution is -1.96. The largest absolute Gasteiger partial charge is 0.212 e. The van der Waals surface area contributed by atoms with Crippen molar-refractivity contribution >= 4 is 49.8 Å². The molecule has 0 atom stereocenters. The highest BCUT2D eigenvalue weighted by molar-refractivity contribution is 9.10. The molecule has 3 aromatic rings. The molecule has 0 saturated heterocycles. The molecule has 0 aliphatic heterocycles. The number of hydrogen-bond acceptors (Lipinski definition) is 4. The monoisotopic (exact) mass is 464 g/mol. The van der Waals surface area contributed by atoms with Crippen LogP contribution in [-0.2, 0) is 5.75 Å². The van der Waals surface area contributed by atoms with Gasteiger partial charge in [0.2, 0.25) is 5.16 Å². The van der Waals surface area contributed by atoms with Crippen molar-refractivity contribution in [1.82, 2.24) is 14.9 Å². The Labute approximate surface area is 161 Å². The van der Waals surface area contributed by atoms with Crippen LogP contribution in [0.4, 0.5) is 0 Å². The van der Waals surface area contributed by atoms with Gasteiger partial charge in [-0.3, -0.25) is 0 Å². The smallest absolute Gasteiger partial charge is 0.192 e. The van der Waals surface area contributed by atoms with Crippen LogP contribution in [0.1, 0.15) is 17.0 Å². The van der Waals surface area contributed by atoms with Crippen molar-refractivity contribution in [3.05, 3.63) is 74.4 Å². The third kappa shape index (κ3) is 4.34. The molecule has 0 spiro atoms. The van der Waals surface area contributed by atoms with E-state index < -0.39 is 0 Å². The predicted molar refractivity (Wildman–Crippen MR) is 106 cm³/mol. The van der Waals surface area contributed by atoms with Crippen molar-refractivity contribution in [2.75, 3.05) is 0 Å². The van der Waals surface area contributed by atoms with Gasteiger partial charge in [0, 0.05) is 20.3 Å². The number of nitrogens with zero attached hydrogens (tertiary/aromatic N) is 4. The second-order valence-electron chi connectivity index (χ2n) is 5.02. The van der Waals surface area contributed by atoms with E-state index in [2.05, 4.69) is 59.3 Å². The number of rotatable bonds is 5. The van der Waals surface area contributed by atoms with E-state index in [1.54, 1.807) is 16.4 Å². The van der Waals surface area contributed by atoms with Crippen LogP contribution >= 0.6 is 43.6 Å². The summed E-state index contributed by atoms with van der Waals surface area (Å²) >= 11 is 8.59. The summed E-state index contributed by atoms with van der Waals surface area (Å²) in [6, 6.07) is 16.2. The summed E-state index contributed by atoms with van der Waals surface area (Å²) in [5, 5.41) is 13.7. The lowest BCUT2D eigenvalue weighted by Gasteiger charge is -2.03. The molecule has 1 aromatic heterocycles. The molecule has 0 N–H and O–H groups in total. The lowest BCUT2D eigenvalue weighted by atomic mass is 10.2. The molecule has 1 heterocycles. The second-order valence-corrected chi connectivity index (χ2v) is 7.74. The average Bonchev–Trinajstić information content (AvgIpc) is 2.94. The van der Waals surface area contributed by atoms with Crippen molar-refractivity contribution in [2.24, 2.45) is 5.10 Å². The zero-order valence-corrected chi connectivity index (χ0v) is 16.8. The van der Waals surface area contributed by atoms with Crippen LogP contribution in [0.5, 0.6) is 0 Å². The molecule has 0 radical (unpaired) electrons. The van der Waals surface area contributed by atoms with Crippen molar-refractivity contribution < 1.29 is 0 Å². The van der Waals surface area contributed by atoms with E-state index in [0.717, 1.165) is 31.2 Å². The van der Waals surface area contributed by atoms with Crippen molar-refractivity contribution in [1.29, 1.82) is 0 Å². The van der Waals surface area contributed by atoms with Crippen molar-refractivity contribution in [3.63, 3.8) is 0 Å². The van der Waals surface area contributed by atoms with E-state index in [9.17, 15) is 0 Å². The van der Waals surface area contributed by atoms with Crippen LogP contribution in [0.3, 0.4) is 0 Å². The molecule has 0 bridgehead atoms. The third-order valence-corrected chi connectivity index (χ3v) is 5.51. The molecule has 4 nitrogen and oxygen atoms in total.